The maximum atomic E-state index is 12.9. The number of hydrogen-bond donors (Lipinski definition) is 2. The molecule has 0 saturated heterocycles. The van der Waals surface area contributed by atoms with E-state index in [1.807, 2.05) is 30.3 Å². The van der Waals surface area contributed by atoms with E-state index >= 15 is 0 Å². The number of benzene rings is 2. The molecule has 0 radical (unpaired) electrons. The third-order valence-corrected chi connectivity index (χ3v) is 4.32. The Kier molecular flexibility index (Phi) is 5.60. The number of hydrogen-bond acceptors (Lipinski definition) is 5. The van der Waals surface area contributed by atoms with Crippen LogP contribution in [0.3, 0.4) is 0 Å². The molecule has 0 aliphatic carbocycles. The molecule has 29 heavy (non-hydrogen) atoms. The van der Waals surface area contributed by atoms with E-state index < -0.39 is 0 Å². The Bertz CT molecular complexity index is 1090. The summed E-state index contributed by atoms with van der Waals surface area (Å²) >= 11 is 0. The lowest BCUT2D eigenvalue weighted by Gasteiger charge is -2.23. The second-order valence-electron chi connectivity index (χ2n) is 7.75. The van der Waals surface area contributed by atoms with Gasteiger partial charge in [-0.15, -0.1) is 0 Å². The Morgan fingerprint density at radius 3 is 2.52 bits per heavy atom. The van der Waals surface area contributed by atoms with Crippen molar-refractivity contribution >= 4 is 23.1 Å². The van der Waals surface area contributed by atoms with E-state index in [1.165, 1.54) is 0 Å². The highest BCUT2D eigenvalue weighted by atomic mass is 16.1. The number of aryl methyl sites for hydroxylation is 1. The predicted molar refractivity (Wildman–Crippen MR) is 114 cm³/mol. The van der Waals surface area contributed by atoms with E-state index in [1.54, 1.807) is 31.2 Å². The fraction of sp³-hybridized carbons (Fsp3) is 0.217. The van der Waals surface area contributed by atoms with E-state index in [4.69, 9.17) is 5.26 Å². The van der Waals surface area contributed by atoms with Crippen LogP contribution in [0.5, 0.6) is 0 Å². The van der Waals surface area contributed by atoms with Crippen LogP contribution in [0.1, 0.15) is 48.2 Å². The summed E-state index contributed by atoms with van der Waals surface area (Å²) < 4.78 is 0. The molecule has 0 aliphatic heterocycles. The molecule has 0 spiro atoms. The van der Waals surface area contributed by atoms with Gasteiger partial charge in [0, 0.05) is 17.4 Å². The highest BCUT2D eigenvalue weighted by Gasteiger charge is 2.19. The van der Waals surface area contributed by atoms with Gasteiger partial charge in [-0.25, -0.2) is 9.97 Å². The van der Waals surface area contributed by atoms with Crippen molar-refractivity contribution in [1.29, 1.82) is 5.26 Å². The number of nitriles is 1. The Hall–Kier alpha value is -3.72. The number of rotatable bonds is 4. The van der Waals surface area contributed by atoms with Crippen molar-refractivity contribution in [2.24, 2.45) is 0 Å². The van der Waals surface area contributed by atoms with E-state index in [0.717, 1.165) is 11.3 Å². The highest BCUT2D eigenvalue weighted by Crippen LogP contribution is 2.29. The van der Waals surface area contributed by atoms with Crippen molar-refractivity contribution in [3.8, 4) is 6.07 Å². The van der Waals surface area contributed by atoms with Crippen molar-refractivity contribution in [3.05, 3.63) is 77.2 Å². The first-order valence-corrected chi connectivity index (χ1v) is 9.30. The minimum Gasteiger partial charge on any atom is -0.340 e. The van der Waals surface area contributed by atoms with Gasteiger partial charge in [0.15, 0.2) is 0 Å². The molecular formula is C23H23N5O. The van der Waals surface area contributed by atoms with E-state index in [2.05, 4.69) is 47.4 Å². The first-order valence-electron chi connectivity index (χ1n) is 9.30. The third kappa shape index (κ3) is 4.96. The maximum absolute atomic E-state index is 12.9. The topological polar surface area (TPSA) is 90.7 Å². The summed E-state index contributed by atoms with van der Waals surface area (Å²) in [5.74, 6) is 0.656. The van der Waals surface area contributed by atoms with Gasteiger partial charge in [0.2, 0.25) is 0 Å². The SMILES string of the molecule is Cc1nc(Nc2cccc(C#N)c2)cc(C(=O)Nc2ccccc2C(C)(C)C)n1. The van der Waals surface area contributed by atoms with Gasteiger partial charge in [-0.05, 0) is 42.2 Å². The fourth-order valence-corrected chi connectivity index (χ4v) is 2.99. The molecule has 6 heteroatoms. The van der Waals surface area contributed by atoms with Gasteiger partial charge in [0.1, 0.15) is 17.3 Å². The number of aromatic nitrogens is 2. The maximum Gasteiger partial charge on any atom is 0.274 e. The van der Waals surface area contributed by atoms with Crippen LogP contribution in [0.2, 0.25) is 0 Å². The van der Waals surface area contributed by atoms with Crippen LogP contribution in [0, 0.1) is 18.3 Å². The fourth-order valence-electron chi connectivity index (χ4n) is 2.99. The number of nitrogens with one attached hydrogen (secondary N) is 2. The molecule has 0 aliphatic rings. The Morgan fingerprint density at radius 2 is 1.79 bits per heavy atom. The zero-order valence-corrected chi connectivity index (χ0v) is 16.9. The molecule has 0 fully saturated rings. The average Bonchev–Trinajstić information content (AvgIpc) is 2.67. The van der Waals surface area contributed by atoms with Gasteiger partial charge in [-0.3, -0.25) is 4.79 Å². The molecule has 3 rings (SSSR count). The van der Waals surface area contributed by atoms with E-state index in [9.17, 15) is 4.79 Å². The lowest BCUT2D eigenvalue weighted by atomic mass is 9.86. The van der Waals surface area contributed by atoms with Crippen LogP contribution in [0.4, 0.5) is 17.2 Å². The number of nitrogens with zero attached hydrogens (tertiary/aromatic N) is 3. The average molecular weight is 385 g/mol. The third-order valence-electron chi connectivity index (χ3n) is 4.32. The molecule has 1 amide bonds. The minimum atomic E-state index is -0.305. The quantitative estimate of drug-likeness (QED) is 0.663. The van der Waals surface area contributed by atoms with Crippen LogP contribution >= 0.6 is 0 Å². The van der Waals surface area contributed by atoms with Crippen molar-refractivity contribution in [2.45, 2.75) is 33.1 Å². The Morgan fingerprint density at radius 1 is 1.03 bits per heavy atom. The zero-order chi connectivity index (χ0) is 21.0. The molecule has 6 nitrogen and oxygen atoms in total. The van der Waals surface area contributed by atoms with Gasteiger partial charge < -0.3 is 10.6 Å². The minimum absolute atomic E-state index is 0.107. The summed E-state index contributed by atoms with van der Waals surface area (Å²) in [6.45, 7) is 8.04. The van der Waals surface area contributed by atoms with Crippen LogP contribution < -0.4 is 10.6 Å². The molecule has 146 valence electrons. The molecule has 2 aromatic carbocycles. The van der Waals surface area contributed by atoms with E-state index in [-0.39, 0.29) is 17.0 Å². The van der Waals surface area contributed by atoms with Crippen LogP contribution in [-0.2, 0) is 5.41 Å². The second-order valence-corrected chi connectivity index (χ2v) is 7.75. The normalized spacial score (nSPS) is 10.9. The molecule has 1 heterocycles. The predicted octanol–water partition coefficient (Wildman–Crippen LogP) is 4.95. The van der Waals surface area contributed by atoms with E-state index in [0.29, 0.717) is 22.9 Å². The molecule has 2 N–H and O–H groups in total. The van der Waals surface area contributed by atoms with Gasteiger partial charge >= 0.3 is 0 Å². The van der Waals surface area contributed by atoms with Gasteiger partial charge in [0.25, 0.3) is 5.91 Å². The molecule has 0 bridgehead atoms. The monoisotopic (exact) mass is 385 g/mol. The highest BCUT2D eigenvalue weighted by molar-refractivity contribution is 6.03. The van der Waals surface area contributed by atoms with Crippen LogP contribution in [0.25, 0.3) is 0 Å². The Labute approximate surface area is 170 Å². The largest absolute Gasteiger partial charge is 0.340 e. The first kappa shape index (κ1) is 20.0. The Balaban J connectivity index is 1.86. The van der Waals surface area contributed by atoms with Crippen LogP contribution in [0.15, 0.2) is 54.6 Å². The van der Waals surface area contributed by atoms with Crippen LogP contribution in [-0.4, -0.2) is 15.9 Å². The smallest absolute Gasteiger partial charge is 0.274 e. The number of para-hydroxylation sites is 1. The summed E-state index contributed by atoms with van der Waals surface area (Å²) in [7, 11) is 0. The molecular weight excluding hydrogens is 362 g/mol. The van der Waals surface area contributed by atoms with Crippen molar-refractivity contribution in [1.82, 2.24) is 9.97 Å². The lowest BCUT2D eigenvalue weighted by molar-refractivity contribution is 0.102. The number of anilines is 3. The van der Waals surface area contributed by atoms with Gasteiger partial charge in [0.05, 0.1) is 11.6 Å². The number of amides is 1. The standard InChI is InChI=1S/C23H23N5O/c1-15-25-20(13-21(26-15)27-17-9-7-8-16(12-17)14-24)22(29)28-19-11-6-5-10-18(19)23(2,3)4/h5-13H,1-4H3,(H,28,29)(H,25,26,27). The molecule has 0 unspecified atom stereocenters. The number of carbonyl (C=O) groups is 1. The summed E-state index contributed by atoms with van der Waals surface area (Å²) in [6, 6.07) is 18.5. The summed E-state index contributed by atoms with van der Waals surface area (Å²) in [5, 5.41) is 15.2. The summed E-state index contributed by atoms with van der Waals surface area (Å²) in [6.07, 6.45) is 0. The van der Waals surface area contributed by atoms with Crippen molar-refractivity contribution < 1.29 is 4.79 Å². The molecule has 1 aromatic heterocycles. The van der Waals surface area contributed by atoms with Gasteiger partial charge in [-0.2, -0.15) is 5.26 Å². The first-order chi connectivity index (χ1) is 13.8. The van der Waals surface area contributed by atoms with Crippen molar-refractivity contribution in [2.75, 3.05) is 10.6 Å². The molecule has 0 saturated carbocycles. The zero-order valence-electron chi connectivity index (χ0n) is 16.9. The summed E-state index contributed by atoms with van der Waals surface area (Å²) in [4.78, 5) is 21.5. The molecule has 0 atom stereocenters. The van der Waals surface area contributed by atoms with Crippen molar-refractivity contribution in [3.63, 3.8) is 0 Å². The molecule has 3 aromatic rings. The van der Waals surface area contributed by atoms with Gasteiger partial charge in [-0.1, -0.05) is 45.0 Å². The second kappa shape index (κ2) is 8.11. The number of carbonyl (C=O) groups excluding carboxylic acids is 1. The summed E-state index contributed by atoms with van der Waals surface area (Å²) in [5.41, 5.74) is 3.22. The lowest BCUT2D eigenvalue weighted by Crippen LogP contribution is -2.20.